The Morgan fingerprint density at radius 3 is 2.96 bits per heavy atom. The molecule has 3 rings (SSSR count). The summed E-state index contributed by atoms with van der Waals surface area (Å²) in [5, 5.41) is 1.99. The van der Waals surface area contributed by atoms with Gasteiger partial charge in [-0.3, -0.25) is 4.79 Å². The summed E-state index contributed by atoms with van der Waals surface area (Å²) in [4.78, 5) is 32.0. The van der Waals surface area contributed by atoms with Gasteiger partial charge in [-0.15, -0.1) is 11.3 Å². The number of aryl methyl sites for hydroxylation is 1. The van der Waals surface area contributed by atoms with Gasteiger partial charge in [-0.05, 0) is 19.8 Å². The molecule has 1 spiro atoms. The fourth-order valence-corrected chi connectivity index (χ4v) is 4.83. The Bertz CT molecular complexity index is 607. The number of thioether (sulfide) groups is 1. The Kier molecular flexibility index (Phi) is 4.82. The quantitative estimate of drug-likeness (QED) is 0.779. The number of likely N-dealkylation sites (N-methyl/N-ethyl adjacent to an activating group) is 1. The van der Waals surface area contributed by atoms with Crippen LogP contribution in [0.4, 0.5) is 4.79 Å². The maximum atomic E-state index is 12.4. The SMILES string of the molecule is Cc1csc(SCC(=O)N2CCC[C@@]3(CC2)CN(C)C(=O)O3)n1. The highest BCUT2D eigenvalue weighted by Gasteiger charge is 2.44. The number of ether oxygens (including phenoxy) is 1. The molecule has 2 saturated heterocycles. The molecule has 0 aromatic carbocycles. The minimum atomic E-state index is -0.402. The van der Waals surface area contributed by atoms with Crippen LogP contribution in [0.15, 0.2) is 9.72 Å². The second kappa shape index (κ2) is 6.68. The monoisotopic (exact) mass is 355 g/mol. The van der Waals surface area contributed by atoms with Crippen molar-refractivity contribution < 1.29 is 14.3 Å². The Hall–Kier alpha value is -1.28. The largest absolute Gasteiger partial charge is 0.441 e. The Labute approximate surface area is 144 Å². The molecule has 0 unspecified atom stereocenters. The van der Waals surface area contributed by atoms with Crippen LogP contribution >= 0.6 is 23.1 Å². The summed E-state index contributed by atoms with van der Waals surface area (Å²) in [5.74, 6) is 0.553. The molecule has 0 radical (unpaired) electrons. The van der Waals surface area contributed by atoms with Gasteiger partial charge in [0.2, 0.25) is 5.91 Å². The van der Waals surface area contributed by atoms with Gasteiger partial charge in [0.05, 0.1) is 12.3 Å². The molecule has 0 saturated carbocycles. The van der Waals surface area contributed by atoms with Gasteiger partial charge >= 0.3 is 6.09 Å². The zero-order chi connectivity index (χ0) is 16.4. The highest BCUT2D eigenvalue weighted by Crippen LogP contribution is 2.33. The van der Waals surface area contributed by atoms with E-state index in [0.717, 1.165) is 35.8 Å². The molecular weight excluding hydrogens is 334 g/mol. The molecule has 0 aliphatic carbocycles. The first-order chi connectivity index (χ1) is 11.0. The molecular formula is C15H21N3O3S2. The van der Waals surface area contributed by atoms with E-state index in [2.05, 4.69) is 4.98 Å². The lowest BCUT2D eigenvalue weighted by Gasteiger charge is -2.25. The number of nitrogens with zero attached hydrogens (tertiary/aromatic N) is 3. The first kappa shape index (κ1) is 16.6. The first-order valence-electron chi connectivity index (χ1n) is 7.74. The van der Waals surface area contributed by atoms with Crippen LogP contribution in [0.1, 0.15) is 25.0 Å². The van der Waals surface area contributed by atoms with Crippen LogP contribution in [0.2, 0.25) is 0 Å². The number of amides is 2. The Morgan fingerprint density at radius 2 is 2.30 bits per heavy atom. The van der Waals surface area contributed by atoms with Crippen LogP contribution in [0.3, 0.4) is 0 Å². The summed E-state index contributed by atoms with van der Waals surface area (Å²) in [6.45, 7) is 3.97. The highest BCUT2D eigenvalue weighted by atomic mass is 32.2. The second-order valence-electron chi connectivity index (χ2n) is 6.18. The van der Waals surface area contributed by atoms with Gasteiger partial charge in [-0.1, -0.05) is 11.8 Å². The summed E-state index contributed by atoms with van der Waals surface area (Å²) in [6, 6.07) is 0. The average molecular weight is 355 g/mol. The fourth-order valence-electron chi connectivity index (χ4n) is 3.08. The van der Waals surface area contributed by atoms with Gasteiger partial charge in [0.15, 0.2) is 4.34 Å². The third-order valence-electron chi connectivity index (χ3n) is 4.31. The van der Waals surface area contributed by atoms with E-state index in [0.29, 0.717) is 18.8 Å². The molecule has 126 valence electrons. The molecule has 8 heteroatoms. The van der Waals surface area contributed by atoms with Gasteiger partial charge in [-0.25, -0.2) is 9.78 Å². The molecule has 1 atom stereocenters. The molecule has 1 aromatic heterocycles. The topological polar surface area (TPSA) is 62.7 Å². The number of likely N-dealkylation sites (tertiary alicyclic amines) is 1. The molecule has 23 heavy (non-hydrogen) atoms. The third kappa shape index (κ3) is 3.80. The average Bonchev–Trinajstić information content (AvgIpc) is 2.96. The summed E-state index contributed by atoms with van der Waals surface area (Å²) < 4.78 is 6.52. The number of hydrogen-bond donors (Lipinski definition) is 0. The van der Waals surface area contributed by atoms with E-state index in [1.54, 1.807) is 23.3 Å². The molecule has 2 fully saturated rings. The van der Waals surface area contributed by atoms with Gasteiger partial charge in [0.1, 0.15) is 5.60 Å². The van der Waals surface area contributed by atoms with Crippen LogP contribution in [0.5, 0.6) is 0 Å². The van der Waals surface area contributed by atoms with Crippen molar-refractivity contribution >= 4 is 35.1 Å². The molecule has 2 aliphatic rings. The van der Waals surface area contributed by atoms with Crippen molar-refractivity contribution in [2.24, 2.45) is 0 Å². The maximum Gasteiger partial charge on any atom is 0.410 e. The lowest BCUT2D eigenvalue weighted by Crippen LogP contribution is -2.37. The lowest BCUT2D eigenvalue weighted by molar-refractivity contribution is -0.128. The van der Waals surface area contributed by atoms with E-state index in [1.165, 1.54) is 11.8 Å². The highest BCUT2D eigenvalue weighted by molar-refractivity contribution is 8.01. The van der Waals surface area contributed by atoms with Crippen LogP contribution in [0, 0.1) is 6.92 Å². The van der Waals surface area contributed by atoms with Crippen molar-refractivity contribution in [3.63, 3.8) is 0 Å². The number of carbonyl (C=O) groups excluding carboxylic acids is 2. The van der Waals surface area contributed by atoms with Crippen molar-refractivity contribution in [3.05, 3.63) is 11.1 Å². The van der Waals surface area contributed by atoms with Crippen molar-refractivity contribution in [2.75, 3.05) is 32.4 Å². The van der Waals surface area contributed by atoms with Gasteiger partial charge < -0.3 is 14.5 Å². The number of hydrogen-bond acceptors (Lipinski definition) is 6. The summed E-state index contributed by atoms with van der Waals surface area (Å²) in [7, 11) is 1.76. The first-order valence-corrected chi connectivity index (χ1v) is 9.61. The molecule has 3 heterocycles. The molecule has 6 nitrogen and oxygen atoms in total. The summed E-state index contributed by atoms with van der Waals surface area (Å²) in [6.07, 6.45) is 2.16. The van der Waals surface area contributed by atoms with Crippen LogP contribution in [-0.4, -0.2) is 64.8 Å². The van der Waals surface area contributed by atoms with Crippen LogP contribution in [-0.2, 0) is 9.53 Å². The van der Waals surface area contributed by atoms with Crippen molar-refractivity contribution in [1.82, 2.24) is 14.8 Å². The molecule has 1 aromatic rings. The number of carbonyl (C=O) groups is 2. The van der Waals surface area contributed by atoms with Crippen molar-refractivity contribution in [1.29, 1.82) is 0 Å². The van der Waals surface area contributed by atoms with E-state index in [9.17, 15) is 9.59 Å². The predicted octanol–water partition coefficient (Wildman–Crippen LogP) is 2.38. The zero-order valence-electron chi connectivity index (χ0n) is 13.4. The van der Waals surface area contributed by atoms with E-state index in [1.807, 2.05) is 17.2 Å². The number of aromatic nitrogens is 1. The maximum absolute atomic E-state index is 12.4. The van der Waals surface area contributed by atoms with E-state index < -0.39 is 5.60 Å². The van der Waals surface area contributed by atoms with Crippen molar-refractivity contribution in [3.8, 4) is 0 Å². The van der Waals surface area contributed by atoms with E-state index in [-0.39, 0.29) is 12.0 Å². The fraction of sp³-hybridized carbons (Fsp3) is 0.667. The smallest absolute Gasteiger partial charge is 0.410 e. The molecule has 2 amide bonds. The van der Waals surface area contributed by atoms with Crippen molar-refractivity contribution in [2.45, 2.75) is 36.1 Å². The summed E-state index contributed by atoms with van der Waals surface area (Å²) in [5.41, 5.74) is 0.592. The molecule has 0 bridgehead atoms. The Balaban J connectivity index is 1.53. The number of rotatable bonds is 3. The number of thiazole rings is 1. The summed E-state index contributed by atoms with van der Waals surface area (Å²) >= 11 is 3.07. The predicted molar refractivity (Wildman–Crippen MR) is 89.8 cm³/mol. The zero-order valence-corrected chi connectivity index (χ0v) is 15.0. The molecule has 0 N–H and O–H groups in total. The standard InChI is InChI=1S/C15H21N3O3S2/c1-11-8-22-13(16-11)23-9-12(19)18-6-3-4-15(5-7-18)10-17(2)14(20)21-15/h8H,3-7,9-10H2,1-2H3/t15-/m1/s1. The molecule has 2 aliphatic heterocycles. The van der Waals surface area contributed by atoms with Gasteiger partial charge in [0.25, 0.3) is 0 Å². The van der Waals surface area contributed by atoms with E-state index >= 15 is 0 Å². The van der Waals surface area contributed by atoms with Crippen LogP contribution in [0.25, 0.3) is 0 Å². The third-order valence-corrected chi connectivity index (χ3v) is 6.43. The lowest BCUT2D eigenvalue weighted by atomic mass is 9.95. The normalized spacial score (nSPS) is 24.9. The second-order valence-corrected chi connectivity index (χ2v) is 8.27. The van der Waals surface area contributed by atoms with E-state index in [4.69, 9.17) is 4.74 Å². The minimum absolute atomic E-state index is 0.137. The minimum Gasteiger partial charge on any atom is -0.441 e. The van der Waals surface area contributed by atoms with Gasteiger partial charge in [-0.2, -0.15) is 0 Å². The Morgan fingerprint density at radius 1 is 1.48 bits per heavy atom. The van der Waals surface area contributed by atoms with Gasteiger partial charge in [0, 0.05) is 37.6 Å². The van der Waals surface area contributed by atoms with Crippen LogP contribution < -0.4 is 0 Å².